The van der Waals surface area contributed by atoms with Crippen LogP contribution in [-0.4, -0.2) is 32.0 Å². The standard InChI is InChI=1S/C15H20F3NO4/c1-14(2,3)23-13(20)19-7-8-22-11-6-5-10(15(16,17)18)9-12(11)21-4/h5-6,9H,7-8H2,1-4H3,(H,19,20). The summed E-state index contributed by atoms with van der Waals surface area (Å²) in [5.74, 6) is 0.128. The molecule has 5 nitrogen and oxygen atoms in total. The summed E-state index contributed by atoms with van der Waals surface area (Å²) < 4.78 is 53.1. The Labute approximate surface area is 132 Å². The number of halogens is 3. The van der Waals surface area contributed by atoms with Crippen molar-refractivity contribution in [3.8, 4) is 11.5 Å². The highest BCUT2D eigenvalue weighted by molar-refractivity contribution is 5.67. The minimum absolute atomic E-state index is 0.0305. The van der Waals surface area contributed by atoms with Crippen molar-refractivity contribution in [2.45, 2.75) is 32.5 Å². The predicted molar refractivity (Wildman–Crippen MR) is 77.7 cm³/mol. The lowest BCUT2D eigenvalue weighted by molar-refractivity contribution is -0.137. The zero-order valence-electron chi connectivity index (χ0n) is 13.4. The first-order valence-corrected chi connectivity index (χ1v) is 6.88. The zero-order chi connectivity index (χ0) is 17.7. The largest absolute Gasteiger partial charge is 0.493 e. The highest BCUT2D eigenvalue weighted by Gasteiger charge is 2.31. The molecular weight excluding hydrogens is 315 g/mol. The molecule has 1 rings (SSSR count). The molecule has 0 bridgehead atoms. The summed E-state index contributed by atoms with van der Waals surface area (Å²) in [5, 5.41) is 2.48. The van der Waals surface area contributed by atoms with Gasteiger partial charge in [0.1, 0.15) is 12.2 Å². The highest BCUT2D eigenvalue weighted by Crippen LogP contribution is 2.36. The molecule has 1 aromatic rings. The summed E-state index contributed by atoms with van der Waals surface area (Å²) in [6.45, 7) is 5.39. The van der Waals surface area contributed by atoms with Gasteiger partial charge < -0.3 is 19.5 Å². The molecule has 1 amide bonds. The number of carbonyl (C=O) groups excluding carboxylic acids is 1. The topological polar surface area (TPSA) is 56.8 Å². The average molecular weight is 335 g/mol. The fraction of sp³-hybridized carbons (Fsp3) is 0.533. The second-order valence-corrected chi connectivity index (χ2v) is 5.64. The number of carbonyl (C=O) groups is 1. The lowest BCUT2D eigenvalue weighted by Crippen LogP contribution is -2.34. The molecule has 1 N–H and O–H groups in total. The number of alkyl halides is 3. The molecule has 0 saturated carbocycles. The summed E-state index contributed by atoms with van der Waals surface area (Å²) in [6.07, 6.45) is -5.05. The van der Waals surface area contributed by atoms with Gasteiger partial charge in [0.15, 0.2) is 11.5 Å². The van der Waals surface area contributed by atoms with Crippen molar-refractivity contribution in [1.82, 2.24) is 5.32 Å². The van der Waals surface area contributed by atoms with Crippen LogP contribution in [0.3, 0.4) is 0 Å². The summed E-state index contributed by atoms with van der Waals surface area (Å²) >= 11 is 0. The third kappa shape index (κ3) is 6.66. The second kappa shape index (κ2) is 7.43. The van der Waals surface area contributed by atoms with Crippen molar-refractivity contribution < 1.29 is 32.2 Å². The van der Waals surface area contributed by atoms with Crippen molar-refractivity contribution in [3.05, 3.63) is 23.8 Å². The van der Waals surface area contributed by atoms with Gasteiger partial charge in [0.05, 0.1) is 19.2 Å². The molecule has 0 atom stereocenters. The molecule has 0 spiro atoms. The molecule has 23 heavy (non-hydrogen) atoms. The average Bonchev–Trinajstić information content (AvgIpc) is 2.40. The highest BCUT2D eigenvalue weighted by atomic mass is 19.4. The van der Waals surface area contributed by atoms with E-state index in [-0.39, 0.29) is 24.7 Å². The Balaban J connectivity index is 2.54. The van der Waals surface area contributed by atoms with E-state index in [1.165, 1.54) is 13.2 Å². The zero-order valence-corrected chi connectivity index (χ0v) is 13.4. The van der Waals surface area contributed by atoms with Crippen LogP contribution < -0.4 is 14.8 Å². The first kappa shape index (κ1) is 18.9. The molecule has 0 saturated heterocycles. The van der Waals surface area contributed by atoms with E-state index in [9.17, 15) is 18.0 Å². The van der Waals surface area contributed by atoms with Crippen molar-refractivity contribution in [1.29, 1.82) is 0 Å². The molecule has 0 fully saturated rings. The van der Waals surface area contributed by atoms with Crippen LogP contribution in [0.1, 0.15) is 26.3 Å². The summed E-state index contributed by atoms with van der Waals surface area (Å²) in [4.78, 5) is 11.4. The Bertz CT molecular complexity index is 539. The van der Waals surface area contributed by atoms with Crippen molar-refractivity contribution in [3.63, 3.8) is 0 Å². The van der Waals surface area contributed by atoms with Crippen LogP contribution in [0.5, 0.6) is 11.5 Å². The van der Waals surface area contributed by atoms with Gasteiger partial charge >= 0.3 is 12.3 Å². The van der Waals surface area contributed by atoms with Gasteiger partial charge in [-0.05, 0) is 39.0 Å². The van der Waals surface area contributed by atoms with Gasteiger partial charge in [0.25, 0.3) is 0 Å². The Hall–Kier alpha value is -2.12. The first-order valence-electron chi connectivity index (χ1n) is 6.88. The first-order chi connectivity index (χ1) is 10.5. The van der Waals surface area contributed by atoms with Crippen LogP contribution in [0.25, 0.3) is 0 Å². The van der Waals surface area contributed by atoms with E-state index in [2.05, 4.69) is 5.32 Å². The lowest BCUT2D eigenvalue weighted by Gasteiger charge is -2.19. The molecule has 130 valence electrons. The van der Waals surface area contributed by atoms with E-state index in [1.807, 2.05) is 0 Å². The van der Waals surface area contributed by atoms with Gasteiger partial charge in [-0.1, -0.05) is 0 Å². The van der Waals surface area contributed by atoms with Crippen molar-refractivity contribution in [2.75, 3.05) is 20.3 Å². The number of methoxy groups -OCH3 is 1. The van der Waals surface area contributed by atoms with Gasteiger partial charge in [-0.3, -0.25) is 0 Å². The van der Waals surface area contributed by atoms with Gasteiger partial charge in [0, 0.05) is 0 Å². The monoisotopic (exact) mass is 335 g/mol. The number of rotatable bonds is 5. The number of ether oxygens (including phenoxy) is 3. The number of benzene rings is 1. The summed E-state index contributed by atoms with van der Waals surface area (Å²) in [6, 6.07) is 2.94. The Morgan fingerprint density at radius 2 is 1.83 bits per heavy atom. The van der Waals surface area contributed by atoms with Crippen molar-refractivity contribution in [2.24, 2.45) is 0 Å². The van der Waals surface area contributed by atoms with Gasteiger partial charge in [-0.2, -0.15) is 13.2 Å². The Morgan fingerprint density at radius 3 is 2.35 bits per heavy atom. The minimum Gasteiger partial charge on any atom is -0.493 e. The Kier molecular flexibility index (Phi) is 6.12. The maximum atomic E-state index is 12.6. The maximum absolute atomic E-state index is 12.6. The number of nitrogens with one attached hydrogen (secondary N) is 1. The molecule has 8 heteroatoms. The normalized spacial score (nSPS) is 11.8. The van der Waals surface area contributed by atoms with E-state index < -0.39 is 23.4 Å². The van der Waals surface area contributed by atoms with E-state index in [4.69, 9.17) is 14.2 Å². The third-order valence-electron chi connectivity index (χ3n) is 2.52. The molecule has 0 aliphatic heterocycles. The summed E-state index contributed by atoms with van der Waals surface area (Å²) in [5.41, 5.74) is -1.43. The minimum atomic E-state index is -4.45. The fourth-order valence-electron chi connectivity index (χ4n) is 1.59. The molecule has 0 aliphatic rings. The molecule has 0 heterocycles. The van der Waals surface area contributed by atoms with Crippen LogP contribution in [0.2, 0.25) is 0 Å². The molecule has 1 aromatic carbocycles. The van der Waals surface area contributed by atoms with Gasteiger partial charge in [0.2, 0.25) is 0 Å². The van der Waals surface area contributed by atoms with E-state index in [0.717, 1.165) is 12.1 Å². The number of hydrogen-bond acceptors (Lipinski definition) is 4. The quantitative estimate of drug-likeness (QED) is 0.835. The fourth-order valence-corrected chi connectivity index (χ4v) is 1.59. The SMILES string of the molecule is COc1cc(C(F)(F)F)ccc1OCCNC(=O)OC(C)(C)C. The lowest BCUT2D eigenvalue weighted by atomic mass is 10.2. The van der Waals surface area contributed by atoms with Gasteiger partial charge in [-0.15, -0.1) is 0 Å². The van der Waals surface area contributed by atoms with Crippen LogP contribution in [0.4, 0.5) is 18.0 Å². The Morgan fingerprint density at radius 1 is 1.17 bits per heavy atom. The van der Waals surface area contributed by atoms with E-state index in [0.29, 0.717) is 0 Å². The predicted octanol–water partition coefficient (Wildman–Crippen LogP) is 3.62. The molecule has 0 aliphatic carbocycles. The third-order valence-corrected chi connectivity index (χ3v) is 2.52. The molecule has 0 unspecified atom stereocenters. The molecule has 0 radical (unpaired) electrons. The number of hydrogen-bond donors (Lipinski definition) is 1. The van der Waals surface area contributed by atoms with Crippen LogP contribution >= 0.6 is 0 Å². The number of alkyl carbamates (subject to hydrolysis) is 1. The second-order valence-electron chi connectivity index (χ2n) is 5.64. The van der Waals surface area contributed by atoms with Crippen LogP contribution in [-0.2, 0) is 10.9 Å². The van der Waals surface area contributed by atoms with E-state index >= 15 is 0 Å². The smallest absolute Gasteiger partial charge is 0.416 e. The summed E-state index contributed by atoms with van der Waals surface area (Å²) in [7, 11) is 1.25. The molecular formula is C15H20F3NO4. The maximum Gasteiger partial charge on any atom is 0.416 e. The molecule has 0 aromatic heterocycles. The van der Waals surface area contributed by atoms with Crippen LogP contribution in [0.15, 0.2) is 18.2 Å². The number of amides is 1. The van der Waals surface area contributed by atoms with E-state index in [1.54, 1.807) is 20.8 Å². The van der Waals surface area contributed by atoms with Crippen molar-refractivity contribution >= 4 is 6.09 Å². The van der Waals surface area contributed by atoms with Crippen LogP contribution in [0, 0.1) is 0 Å². The van der Waals surface area contributed by atoms with Gasteiger partial charge in [-0.25, -0.2) is 4.79 Å².